The number of piperidine rings is 1. The van der Waals surface area contributed by atoms with Gasteiger partial charge in [0.1, 0.15) is 5.78 Å². The second kappa shape index (κ2) is 4.85. The van der Waals surface area contributed by atoms with Crippen molar-refractivity contribution < 1.29 is 14.4 Å². The van der Waals surface area contributed by atoms with Gasteiger partial charge in [-0.05, 0) is 31.9 Å². The van der Waals surface area contributed by atoms with Gasteiger partial charge in [-0.15, -0.1) is 0 Å². The van der Waals surface area contributed by atoms with Gasteiger partial charge in [0.05, 0.1) is 6.04 Å². The minimum Gasteiger partial charge on any atom is -0.299 e. The van der Waals surface area contributed by atoms with Gasteiger partial charge in [-0.1, -0.05) is 17.7 Å². The van der Waals surface area contributed by atoms with Crippen LogP contribution in [0.2, 0.25) is 0 Å². The van der Waals surface area contributed by atoms with Crippen LogP contribution in [0.15, 0.2) is 24.3 Å². The Bertz CT molecular complexity index is 576. The fraction of sp³-hybridized carbons (Fsp3) is 0.438. The highest BCUT2D eigenvalue weighted by molar-refractivity contribution is 6.06. The summed E-state index contributed by atoms with van der Waals surface area (Å²) in [4.78, 5) is 37.8. The van der Waals surface area contributed by atoms with Crippen LogP contribution in [0.3, 0.4) is 0 Å². The number of carbonyl (C=O) groups is 3. The van der Waals surface area contributed by atoms with Crippen LogP contribution < -0.4 is 0 Å². The molecule has 4 heteroatoms. The third-order valence-corrected chi connectivity index (χ3v) is 4.35. The lowest BCUT2D eigenvalue weighted by Crippen LogP contribution is -2.50. The lowest BCUT2D eigenvalue weighted by Gasteiger charge is -2.35. The summed E-state index contributed by atoms with van der Waals surface area (Å²) >= 11 is 0. The molecule has 1 aliphatic heterocycles. The van der Waals surface area contributed by atoms with Crippen LogP contribution in [-0.2, 0) is 9.59 Å². The number of ketones is 1. The maximum absolute atomic E-state index is 12.6. The molecule has 1 aromatic rings. The Morgan fingerprint density at radius 3 is 2.50 bits per heavy atom. The van der Waals surface area contributed by atoms with E-state index >= 15 is 0 Å². The molecule has 1 saturated heterocycles. The van der Waals surface area contributed by atoms with Gasteiger partial charge in [-0.3, -0.25) is 19.3 Å². The summed E-state index contributed by atoms with van der Waals surface area (Å²) in [5, 5.41) is 0. The van der Waals surface area contributed by atoms with Crippen molar-refractivity contribution in [1.29, 1.82) is 0 Å². The number of rotatable bonds is 1. The van der Waals surface area contributed by atoms with E-state index in [9.17, 15) is 14.4 Å². The molecule has 104 valence electrons. The van der Waals surface area contributed by atoms with Crippen molar-refractivity contribution in [1.82, 2.24) is 4.90 Å². The predicted octanol–water partition coefficient (Wildman–Crippen LogP) is 2.11. The summed E-state index contributed by atoms with van der Waals surface area (Å²) in [7, 11) is 0. The number of imide groups is 1. The Morgan fingerprint density at radius 1 is 1.10 bits per heavy atom. The quantitative estimate of drug-likeness (QED) is 0.735. The first-order valence-corrected chi connectivity index (χ1v) is 7.03. The number of hydrogen-bond donors (Lipinski definition) is 0. The number of fused-ring (bicyclic) bond motifs is 1. The van der Waals surface area contributed by atoms with Crippen LogP contribution in [0.5, 0.6) is 0 Å². The maximum atomic E-state index is 12.6. The van der Waals surface area contributed by atoms with Crippen LogP contribution in [0.25, 0.3) is 0 Å². The summed E-state index contributed by atoms with van der Waals surface area (Å²) < 4.78 is 0. The largest absolute Gasteiger partial charge is 0.299 e. The zero-order valence-corrected chi connectivity index (χ0v) is 11.5. The summed E-state index contributed by atoms with van der Waals surface area (Å²) in [6, 6.07) is 6.98. The molecule has 1 aromatic carbocycles. The molecule has 20 heavy (non-hydrogen) atoms. The Morgan fingerprint density at radius 2 is 1.80 bits per heavy atom. The van der Waals surface area contributed by atoms with Crippen molar-refractivity contribution in [2.24, 2.45) is 5.92 Å². The molecule has 4 nitrogen and oxygen atoms in total. The third-order valence-electron chi connectivity index (χ3n) is 4.35. The van der Waals surface area contributed by atoms with E-state index in [-0.39, 0.29) is 29.6 Å². The number of amides is 2. The van der Waals surface area contributed by atoms with E-state index in [1.54, 1.807) is 12.1 Å². The molecule has 2 atom stereocenters. The van der Waals surface area contributed by atoms with E-state index in [0.29, 0.717) is 31.2 Å². The SMILES string of the molecule is Cc1ccc(C(=O)N2C(=O)CC[C@H]3C(=O)CC[C@H]32)cc1. The van der Waals surface area contributed by atoms with Gasteiger partial charge >= 0.3 is 0 Å². The maximum Gasteiger partial charge on any atom is 0.260 e. The average molecular weight is 271 g/mol. The molecule has 0 unspecified atom stereocenters. The molecule has 2 aliphatic rings. The van der Waals surface area contributed by atoms with Crippen LogP contribution in [-0.4, -0.2) is 28.5 Å². The Kier molecular flexibility index (Phi) is 3.16. The van der Waals surface area contributed by atoms with Gasteiger partial charge in [-0.25, -0.2) is 0 Å². The summed E-state index contributed by atoms with van der Waals surface area (Å²) in [6.07, 6.45) is 2.00. The minimum absolute atomic E-state index is 0.137. The number of carbonyl (C=O) groups excluding carboxylic acids is 3. The van der Waals surface area contributed by atoms with Crippen molar-refractivity contribution >= 4 is 17.6 Å². The standard InChI is InChI=1S/C16H17NO3/c1-10-2-4-11(5-3-10)16(20)17-13-7-8-14(18)12(13)6-9-15(17)19/h2-5,12-13H,6-9H2,1H3/t12-,13-/m1/s1. The van der Waals surface area contributed by atoms with Gasteiger partial charge in [0.2, 0.25) is 5.91 Å². The van der Waals surface area contributed by atoms with Crippen LogP contribution in [0.4, 0.5) is 0 Å². The van der Waals surface area contributed by atoms with E-state index in [2.05, 4.69) is 0 Å². The molecule has 2 fully saturated rings. The first-order chi connectivity index (χ1) is 9.58. The smallest absolute Gasteiger partial charge is 0.260 e. The summed E-state index contributed by atoms with van der Waals surface area (Å²) in [5.41, 5.74) is 1.59. The zero-order valence-electron chi connectivity index (χ0n) is 11.5. The molecule has 1 saturated carbocycles. The lowest BCUT2D eigenvalue weighted by atomic mass is 9.90. The molecule has 1 aliphatic carbocycles. The van der Waals surface area contributed by atoms with Gasteiger partial charge in [-0.2, -0.15) is 0 Å². The second-order valence-electron chi connectivity index (χ2n) is 5.65. The van der Waals surface area contributed by atoms with E-state index in [4.69, 9.17) is 0 Å². The Balaban J connectivity index is 1.90. The van der Waals surface area contributed by atoms with Crippen LogP contribution >= 0.6 is 0 Å². The topological polar surface area (TPSA) is 54.5 Å². The Hall–Kier alpha value is -1.97. The van der Waals surface area contributed by atoms with Crippen molar-refractivity contribution in [3.63, 3.8) is 0 Å². The summed E-state index contributed by atoms with van der Waals surface area (Å²) in [5.74, 6) is -0.350. The van der Waals surface area contributed by atoms with E-state index in [1.165, 1.54) is 4.90 Å². The molecule has 1 heterocycles. The van der Waals surface area contributed by atoms with Crippen molar-refractivity contribution in [2.75, 3.05) is 0 Å². The highest BCUT2D eigenvalue weighted by atomic mass is 16.2. The molecule has 0 radical (unpaired) electrons. The molecular formula is C16H17NO3. The van der Waals surface area contributed by atoms with E-state index in [1.807, 2.05) is 19.1 Å². The second-order valence-corrected chi connectivity index (χ2v) is 5.65. The first-order valence-electron chi connectivity index (χ1n) is 7.03. The Labute approximate surface area is 117 Å². The number of aryl methyl sites for hydroxylation is 1. The molecule has 2 amide bonds. The third kappa shape index (κ3) is 2.05. The fourth-order valence-corrected chi connectivity index (χ4v) is 3.24. The van der Waals surface area contributed by atoms with E-state index in [0.717, 1.165) is 5.56 Å². The van der Waals surface area contributed by atoms with Crippen molar-refractivity contribution in [3.05, 3.63) is 35.4 Å². The molecular weight excluding hydrogens is 254 g/mol. The fourth-order valence-electron chi connectivity index (χ4n) is 3.24. The molecule has 0 aromatic heterocycles. The first kappa shape index (κ1) is 13.0. The lowest BCUT2D eigenvalue weighted by molar-refractivity contribution is -0.135. The monoisotopic (exact) mass is 271 g/mol. The number of hydrogen-bond acceptors (Lipinski definition) is 3. The normalized spacial score (nSPS) is 25.8. The molecule has 3 rings (SSSR count). The average Bonchev–Trinajstić information content (AvgIpc) is 2.80. The zero-order chi connectivity index (χ0) is 14.3. The van der Waals surface area contributed by atoms with Gasteiger partial charge < -0.3 is 0 Å². The summed E-state index contributed by atoms with van der Waals surface area (Å²) in [6.45, 7) is 1.95. The minimum atomic E-state index is -0.264. The number of likely N-dealkylation sites (tertiary alicyclic amines) is 1. The molecule has 0 spiro atoms. The van der Waals surface area contributed by atoms with Crippen molar-refractivity contribution in [3.8, 4) is 0 Å². The van der Waals surface area contributed by atoms with Gasteiger partial charge in [0.25, 0.3) is 5.91 Å². The predicted molar refractivity (Wildman–Crippen MR) is 73.1 cm³/mol. The van der Waals surface area contributed by atoms with Crippen molar-refractivity contribution in [2.45, 2.75) is 38.6 Å². The number of Topliss-reactive ketones (excluding diaryl/α,β-unsaturated/α-hetero) is 1. The van der Waals surface area contributed by atoms with Gasteiger partial charge in [0, 0.05) is 24.3 Å². The van der Waals surface area contributed by atoms with Crippen LogP contribution in [0, 0.1) is 12.8 Å². The molecule has 0 N–H and O–H groups in total. The highest BCUT2D eigenvalue weighted by Crippen LogP contribution is 2.35. The number of benzene rings is 1. The molecule has 0 bridgehead atoms. The number of nitrogens with zero attached hydrogens (tertiary/aromatic N) is 1. The van der Waals surface area contributed by atoms with E-state index < -0.39 is 0 Å². The van der Waals surface area contributed by atoms with Crippen LogP contribution in [0.1, 0.15) is 41.6 Å². The highest BCUT2D eigenvalue weighted by Gasteiger charge is 2.46. The van der Waals surface area contributed by atoms with Gasteiger partial charge in [0.15, 0.2) is 0 Å².